The molecule has 0 atom stereocenters. The second-order valence-electron chi connectivity index (χ2n) is 4.16. The Balaban J connectivity index is 2.54. The molecule has 0 saturated carbocycles. The van der Waals surface area contributed by atoms with Crippen LogP contribution in [0.5, 0.6) is 5.75 Å². The van der Waals surface area contributed by atoms with Crippen LogP contribution < -0.4 is 4.74 Å². The summed E-state index contributed by atoms with van der Waals surface area (Å²) >= 11 is 0. The predicted octanol–water partition coefficient (Wildman–Crippen LogP) is 3.19. The topological polar surface area (TPSA) is 26.3 Å². The SMILES string of the molecule is C=CC(C)(C)CC(=O)Oc1ccccc1. The highest BCUT2D eigenvalue weighted by atomic mass is 16.5. The number of hydrogen-bond donors (Lipinski definition) is 0. The van der Waals surface area contributed by atoms with E-state index in [2.05, 4.69) is 6.58 Å². The summed E-state index contributed by atoms with van der Waals surface area (Å²) in [5, 5.41) is 0. The Bertz CT molecular complexity index is 339. The number of carbonyl (C=O) groups is 1. The quantitative estimate of drug-likeness (QED) is 0.427. The van der Waals surface area contributed by atoms with Gasteiger partial charge in [-0.2, -0.15) is 0 Å². The number of benzene rings is 1. The van der Waals surface area contributed by atoms with E-state index in [9.17, 15) is 4.79 Å². The Morgan fingerprint density at radius 2 is 2.00 bits per heavy atom. The first-order valence-corrected chi connectivity index (χ1v) is 4.93. The van der Waals surface area contributed by atoms with E-state index in [0.717, 1.165) is 0 Å². The van der Waals surface area contributed by atoms with Crippen molar-refractivity contribution < 1.29 is 9.53 Å². The van der Waals surface area contributed by atoms with E-state index in [1.165, 1.54) is 0 Å². The molecule has 2 nitrogen and oxygen atoms in total. The van der Waals surface area contributed by atoms with E-state index in [-0.39, 0.29) is 11.4 Å². The number of para-hydroxylation sites is 1. The van der Waals surface area contributed by atoms with E-state index in [1.54, 1.807) is 18.2 Å². The first-order chi connectivity index (χ1) is 7.03. The van der Waals surface area contributed by atoms with Crippen molar-refractivity contribution in [2.75, 3.05) is 0 Å². The van der Waals surface area contributed by atoms with Crippen molar-refractivity contribution in [3.05, 3.63) is 43.0 Å². The highest BCUT2D eigenvalue weighted by molar-refractivity contribution is 5.73. The minimum atomic E-state index is -0.230. The minimum absolute atomic E-state index is 0.216. The molecule has 0 aliphatic carbocycles. The molecule has 0 aromatic heterocycles. The Kier molecular flexibility index (Phi) is 3.67. The molecule has 0 amide bonds. The van der Waals surface area contributed by atoms with Gasteiger partial charge < -0.3 is 4.74 Å². The molecule has 15 heavy (non-hydrogen) atoms. The second-order valence-corrected chi connectivity index (χ2v) is 4.16. The summed E-state index contributed by atoms with van der Waals surface area (Å²) in [6.07, 6.45) is 2.10. The van der Waals surface area contributed by atoms with Crippen LogP contribution in [-0.4, -0.2) is 5.97 Å². The smallest absolute Gasteiger partial charge is 0.312 e. The standard InChI is InChI=1S/C13H16O2/c1-4-13(2,3)10-12(14)15-11-8-6-5-7-9-11/h4-9H,1,10H2,2-3H3. The fourth-order valence-corrected chi connectivity index (χ4v) is 1.10. The molecule has 2 heteroatoms. The highest BCUT2D eigenvalue weighted by Gasteiger charge is 2.19. The number of rotatable bonds is 4. The zero-order valence-electron chi connectivity index (χ0n) is 9.19. The molecule has 0 radical (unpaired) electrons. The lowest BCUT2D eigenvalue weighted by molar-refractivity contribution is -0.135. The van der Waals surface area contributed by atoms with Gasteiger partial charge >= 0.3 is 5.97 Å². The Hall–Kier alpha value is -1.57. The highest BCUT2D eigenvalue weighted by Crippen LogP contribution is 2.22. The summed E-state index contributed by atoms with van der Waals surface area (Å²) in [4.78, 5) is 11.5. The maximum atomic E-state index is 11.5. The van der Waals surface area contributed by atoms with Crippen LogP contribution in [0.25, 0.3) is 0 Å². The van der Waals surface area contributed by atoms with Crippen molar-refractivity contribution in [2.45, 2.75) is 20.3 Å². The zero-order valence-corrected chi connectivity index (χ0v) is 9.19. The zero-order chi connectivity index (χ0) is 11.3. The average Bonchev–Trinajstić information content (AvgIpc) is 2.18. The molecule has 1 aromatic rings. The molecule has 1 rings (SSSR count). The van der Waals surface area contributed by atoms with Gasteiger partial charge in [0.2, 0.25) is 0 Å². The lowest BCUT2D eigenvalue weighted by Gasteiger charge is -2.17. The van der Waals surface area contributed by atoms with Gasteiger partial charge in [-0.25, -0.2) is 0 Å². The third-order valence-corrected chi connectivity index (χ3v) is 2.13. The second kappa shape index (κ2) is 4.78. The summed E-state index contributed by atoms with van der Waals surface area (Å²) in [5.74, 6) is 0.355. The molecule has 0 aliphatic heterocycles. The minimum Gasteiger partial charge on any atom is -0.427 e. The van der Waals surface area contributed by atoms with Gasteiger partial charge in [0.25, 0.3) is 0 Å². The number of ether oxygens (including phenoxy) is 1. The molecule has 0 saturated heterocycles. The van der Waals surface area contributed by atoms with Gasteiger partial charge in [-0.1, -0.05) is 38.1 Å². The van der Waals surface area contributed by atoms with Crippen molar-refractivity contribution in [1.82, 2.24) is 0 Å². The molecule has 1 aromatic carbocycles. The van der Waals surface area contributed by atoms with Crippen LogP contribution in [0.4, 0.5) is 0 Å². The Morgan fingerprint density at radius 1 is 1.40 bits per heavy atom. The number of carbonyl (C=O) groups excluding carboxylic acids is 1. The third-order valence-electron chi connectivity index (χ3n) is 2.13. The van der Waals surface area contributed by atoms with Gasteiger partial charge in [-0.15, -0.1) is 6.58 Å². The summed E-state index contributed by atoms with van der Waals surface area (Å²) < 4.78 is 5.17. The lowest BCUT2D eigenvalue weighted by Crippen LogP contribution is -2.18. The average molecular weight is 204 g/mol. The van der Waals surface area contributed by atoms with Gasteiger partial charge in [0.05, 0.1) is 6.42 Å². The normalized spacial score (nSPS) is 10.8. The maximum Gasteiger partial charge on any atom is 0.312 e. The van der Waals surface area contributed by atoms with Crippen LogP contribution in [0.15, 0.2) is 43.0 Å². The number of esters is 1. The van der Waals surface area contributed by atoms with Crippen LogP contribution >= 0.6 is 0 Å². The molecule has 0 heterocycles. The maximum absolute atomic E-state index is 11.5. The van der Waals surface area contributed by atoms with Crippen LogP contribution in [-0.2, 0) is 4.79 Å². The van der Waals surface area contributed by atoms with Crippen LogP contribution in [0, 0.1) is 5.41 Å². The van der Waals surface area contributed by atoms with Gasteiger partial charge in [-0.3, -0.25) is 4.79 Å². The van der Waals surface area contributed by atoms with E-state index >= 15 is 0 Å². The number of allylic oxidation sites excluding steroid dienone is 1. The molecule has 0 unspecified atom stereocenters. The Labute approximate surface area is 90.6 Å². The lowest BCUT2D eigenvalue weighted by atomic mass is 9.90. The third kappa shape index (κ3) is 3.98. The van der Waals surface area contributed by atoms with Gasteiger partial charge in [0.15, 0.2) is 0 Å². The van der Waals surface area contributed by atoms with E-state index in [1.807, 2.05) is 32.0 Å². The first-order valence-electron chi connectivity index (χ1n) is 4.93. The van der Waals surface area contributed by atoms with Crippen molar-refractivity contribution in [2.24, 2.45) is 5.41 Å². The van der Waals surface area contributed by atoms with Gasteiger partial charge in [-0.05, 0) is 17.5 Å². The first kappa shape index (κ1) is 11.5. The fourth-order valence-electron chi connectivity index (χ4n) is 1.10. The molecule has 80 valence electrons. The van der Waals surface area contributed by atoms with Crippen LogP contribution in [0.3, 0.4) is 0 Å². The largest absolute Gasteiger partial charge is 0.427 e. The van der Waals surface area contributed by atoms with Crippen LogP contribution in [0.2, 0.25) is 0 Å². The van der Waals surface area contributed by atoms with E-state index < -0.39 is 0 Å². The number of hydrogen-bond acceptors (Lipinski definition) is 2. The molecule has 0 aliphatic rings. The summed E-state index contributed by atoms with van der Waals surface area (Å²) in [5.41, 5.74) is -0.216. The molecule has 0 fully saturated rings. The van der Waals surface area contributed by atoms with Crippen molar-refractivity contribution >= 4 is 5.97 Å². The van der Waals surface area contributed by atoms with Gasteiger partial charge in [0.1, 0.15) is 5.75 Å². The molecular formula is C13H16O2. The monoisotopic (exact) mass is 204 g/mol. The van der Waals surface area contributed by atoms with Crippen molar-refractivity contribution in [3.8, 4) is 5.75 Å². The van der Waals surface area contributed by atoms with Crippen molar-refractivity contribution in [3.63, 3.8) is 0 Å². The molecule has 0 bridgehead atoms. The van der Waals surface area contributed by atoms with E-state index in [4.69, 9.17) is 4.74 Å². The Morgan fingerprint density at radius 3 is 2.53 bits per heavy atom. The molecule has 0 N–H and O–H groups in total. The van der Waals surface area contributed by atoms with Crippen LogP contribution in [0.1, 0.15) is 20.3 Å². The summed E-state index contributed by atoms with van der Waals surface area (Å²) in [7, 11) is 0. The molecular weight excluding hydrogens is 188 g/mol. The predicted molar refractivity (Wildman–Crippen MR) is 60.7 cm³/mol. The molecule has 0 spiro atoms. The summed E-state index contributed by atoms with van der Waals surface area (Å²) in [6.45, 7) is 7.59. The van der Waals surface area contributed by atoms with E-state index in [0.29, 0.717) is 12.2 Å². The fraction of sp³-hybridized carbons (Fsp3) is 0.308. The summed E-state index contributed by atoms with van der Waals surface area (Å²) in [6, 6.07) is 9.07. The van der Waals surface area contributed by atoms with Gasteiger partial charge in [0, 0.05) is 0 Å². The van der Waals surface area contributed by atoms with Crippen molar-refractivity contribution in [1.29, 1.82) is 0 Å².